The Morgan fingerprint density at radius 3 is 3.00 bits per heavy atom. The van der Waals surface area contributed by atoms with Gasteiger partial charge in [0.25, 0.3) is 5.91 Å². The molecule has 0 unspecified atom stereocenters. The first-order chi connectivity index (χ1) is 11.8. The number of hydrogen-bond donors (Lipinski definition) is 0. The van der Waals surface area contributed by atoms with Crippen molar-refractivity contribution in [3.05, 3.63) is 40.1 Å². The van der Waals surface area contributed by atoms with Crippen molar-refractivity contribution < 1.29 is 19.0 Å². The Hall–Kier alpha value is -2.21. The van der Waals surface area contributed by atoms with E-state index in [1.54, 1.807) is 30.6 Å². The van der Waals surface area contributed by atoms with Gasteiger partial charge in [0.1, 0.15) is 13.2 Å². The Balaban J connectivity index is 1.67. The molecule has 0 bridgehead atoms. The molecule has 0 aliphatic carbocycles. The van der Waals surface area contributed by atoms with E-state index in [1.165, 1.54) is 4.88 Å². The molecule has 1 aromatic heterocycles. The van der Waals surface area contributed by atoms with Crippen molar-refractivity contribution >= 4 is 17.2 Å². The Morgan fingerprint density at radius 2 is 2.21 bits per heavy atom. The van der Waals surface area contributed by atoms with Gasteiger partial charge in [-0.3, -0.25) is 4.79 Å². The fourth-order valence-corrected chi connectivity index (χ4v) is 4.22. The summed E-state index contributed by atoms with van der Waals surface area (Å²) in [5.74, 6) is 1.72. The molecule has 2 aromatic rings. The topological polar surface area (TPSA) is 48.0 Å². The Kier molecular flexibility index (Phi) is 4.06. The first-order valence-corrected chi connectivity index (χ1v) is 8.98. The molecule has 6 heteroatoms. The van der Waals surface area contributed by atoms with E-state index in [-0.39, 0.29) is 11.9 Å². The van der Waals surface area contributed by atoms with Gasteiger partial charge in [-0.05, 0) is 36.4 Å². The smallest absolute Gasteiger partial charge is 0.254 e. The molecule has 0 saturated carbocycles. The average Bonchev–Trinajstić information content (AvgIpc) is 3.30. The van der Waals surface area contributed by atoms with Crippen molar-refractivity contribution in [1.29, 1.82) is 0 Å². The van der Waals surface area contributed by atoms with E-state index >= 15 is 0 Å². The fraction of sp³-hybridized carbons (Fsp3) is 0.389. The SMILES string of the molecule is COc1cc(C(=O)N2CCC[C@H]2c2cccs2)cc2c1OCCO2. The van der Waals surface area contributed by atoms with E-state index in [0.29, 0.717) is 36.0 Å². The van der Waals surface area contributed by atoms with E-state index < -0.39 is 0 Å². The summed E-state index contributed by atoms with van der Waals surface area (Å²) in [7, 11) is 1.58. The number of fused-ring (bicyclic) bond motifs is 1. The molecule has 0 spiro atoms. The van der Waals surface area contributed by atoms with Crippen LogP contribution in [-0.2, 0) is 0 Å². The summed E-state index contributed by atoms with van der Waals surface area (Å²) < 4.78 is 16.6. The molecule has 1 atom stereocenters. The molecule has 0 N–H and O–H groups in total. The van der Waals surface area contributed by atoms with Gasteiger partial charge in [-0.15, -0.1) is 11.3 Å². The van der Waals surface area contributed by atoms with Crippen molar-refractivity contribution in [2.24, 2.45) is 0 Å². The number of thiophene rings is 1. The maximum absolute atomic E-state index is 13.1. The van der Waals surface area contributed by atoms with Gasteiger partial charge in [0.2, 0.25) is 5.75 Å². The summed E-state index contributed by atoms with van der Waals surface area (Å²) in [4.78, 5) is 16.3. The molecule has 5 nitrogen and oxygen atoms in total. The van der Waals surface area contributed by atoms with Crippen LogP contribution >= 0.6 is 11.3 Å². The predicted molar refractivity (Wildman–Crippen MR) is 91.3 cm³/mol. The molecule has 0 radical (unpaired) electrons. The third kappa shape index (κ3) is 2.60. The fourth-order valence-electron chi connectivity index (χ4n) is 3.35. The minimum absolute atomic E-state index is 0.0150. The van der Waals surface area contributed by atoms with Crippen molar-refractivity contribution in [3.8, 4) is 17.2 Å². The molecule has 2 aliphatic heterocycles. The lowest BCUT2D eigenvalue weighted by Crippen LogP contribution is -2.30. The van der Waals surface area contributed by atoms with Gasteiger partial charge in [-0.25, -0.2) is 0 Å². The van der Waals surface area contributed by atoms with E-state index in [1.807, 2.05) is 11.0 Å². The summed E-state index contributed by atoms with van der Waals surface area (Å²) in [6.07, 6.45) is 2.03. The lowest BCUT2D eigenvalue weighted by atomic mass is 10.1. The van der Waals surface area contributed by atoms with Gasteiger partial charge in [0.15, 0.2) is 11.5 Å². The number of hydrogen-bond acceptors (Lipinski definition) is 5. The van der Waals surface area contributed by atoms with Crippen molar-refractivity contribution in [1.82, 2.24) is 4.90 Å². The van der Waals surface area contributed by atoms with Gasteiger partial charge in [-0.1, -0.05) is 6.07 Å². The number of carbonyl (C=O) groups is 1. The number of likely N-dealkylation sites (tertiary alicyclic amines) is 1. The predicted octanol–water partition coefficient (Wildman–Crippen LogP) is 3.51. The number of ether oxygens (including phenoxy) is 3. The molecule has 2 aliphatic rings. The standard InChI is InChI=1S/C18H19NO4S/c1-21-14-10-12(11-15-17(14)23-8-7-22-15)18(20)19-6-2-4-13(19)16-5-3-9-24-16/h3,5,9-11,13H,2,4,6-8H2,1H3/t13-/m0/s1. The number of carbonyl (C=O) groups excluding carboxylic acids is 1. The van der Waals surface area contributed by atoms with E-state index in [2.05, 4.69) is 11.4 Å². The van der Waals surface area contributed by atoms with Crippen molar-refractivity contribution in [3.63, 3.8) is 0 Å². The minimum atomic E-state index is 0.0150. The molecule has 1 amide bonds. The van der Waals surface area contributed by atoms with Gasteiger partial charge >= 0.3 is 0 Å². The normalized spacial score (nSPS) is 19.4. The van der Waals surface area contributed by atoms with Crippen LogP contribution in [0, 0.1) is 0 Å². The molecule has 1 fully saturated rings. The van der Waals surface area contributed by atoms with Crippen LogP contribution in [0.5, 0.6) is 17.2 Å². The Labute approximate surface area is 144 Å². The zero-order valence-corrected chi connectivity index (χ0v) is 14.3. The van der Waals surface area contributed by atoms with Gasteiger partial charge in [0, 0.05) is 17.0 Å². The molecule has 4 rings (SSSR count). The van der Waals surface area contributed by atoms with Crippen molar-refractivity contribution in [2.45, 2.75) is 18.9 Å². The van der Waals surface area contributed by atoms with E-state index in [0.717, 1.165) is 19.4 Å². The van der Waals surface area contributed by atoms with Crippen LogP contribution in [0.4, 0.5) is 0 Å². The van der Waals surface area contributed by atoms with Gasteiger partial charge in [0.05, 0.1) is 13.2 Å². The number of methoxy groups -OCH3 is 1. The highest BCUT2D eigenvalue weighted by Gasteiger charge is 2.32. The van der Waals surface area contributed by atoms with Gasteiger partial charge < -0.3 is 19.1 Å². The van der Waals surface area contributed by atoms with Gasteiger partial charge in [-0.2, -0.15) is 0 Å². The molecule has 1 aromatic carbocycles. The number of rotatable bonds is 3. The van der Waals surface area contributed by atoms with Crippen LogP contribution in [0.2, 0.25) is 0 Å². The van der Waals surface area contributed by atoms with E-state index in [4.69, 9.17) is 14.2 Å². The summed E-state index contributed by atoms with van der Waals surface area (Å²) in [6, 6.07) is 7.82. The van der Waals surface area contributed by atoms with Crippen LogP contribution in [0.25, 0.3) is 0 Å². The summed E-state index contributed by atoms with van der Waals surface area (Å²) in [5.41, 5.74) is 0.583. The lowest BCUT2D eigenvalue weighted by Gasteiger charge is -2.26. The Bertz CT molecular complexity index is 726. The first kappa shape index (κ1) is 15.3. The second-order valence-electron chi connectivity index (χ2n) is 5.87. The largest absolute Gasteiger partial charge is 0.493 e. The van der Waals surface area contributed by atoms with Crippen LogP contribution in [0.1, 0.15) is 34.1 Å². The second kappa shape index (κ2) is 6.36. The maximum atomic E-state index is 13.1. The van der Waals surface area contributed by atoms with Crippen molar-refractivity contribution in [2.75, 3.05) is 26.9 Å². The third-order valence-electron chi connectivity index (χ3n) is 4.46. The maximum Gasteiger partial charge on any atom is 0.254 e. The number of nitrogens with zero attached hydrogens (tertiary/aromatic N) is 1. The Morgan fingerprint density at radius 1 is 1.33 bits per heavy atom. The third-order valence-corrected chi connectivity index (χ3v) is 5.43. The monoisotopic (exact) mass is 345 g/mol. The van der Waals surface area contributed by atoms with Crippen LogP contribution in [0.3, 0.4) is 0 Å². The van der Waals surface area contributed by atoms with Crippen LogP contribution < -0.4 is 14.2 Å². The quantitative estimate of drug-likeness (QED) is 0.854. The molecule has 126 valence electrons. The van der Waals surface area contributed by atoms with Crippen LogP contribution in [-0.4, -0.2) is 37.7 Å². The summed E-state index contributed by atoms with van der Waals surface area (Å²) in [5, 5.41) is 2.06. The second-order valence-corrected chi connectivity index (χ2v) is 6.85. The van der Waals surface area contributed by atoms with Crippen LogP contribution in [0.15, 0.2) is 29.6 Å². The molecule has 1 saturated heterocycles. The zero-order chi connectivity index (χ0) is 16.5. The highest BCUT2D eigenvalue weighted by Crippen LogP contribution is 2.42. The number of benzene rings is 1. The summed E-state index contributed by atoms with van der Waals surface area (Å²) >= 11 is 1.70. The molecule has 24 heavy (non-hydrogen) atoms. The first-order valence-electron chi connectivity index (χ1n) is 8.10. The highest BCUT2D eigenvalue weighted by atomic mass is 32.1. The lowest BCUT2D eigenvalue weighted by molar-refractivity contribution is 0.0736. The highest BCUT2D eigenvalue weighted by molar-refractivity contribution is 7.10. The molecular formula is C18H19NO4S. The van der Waals surface area contributed by atoms with E-state index in [9.17, 15) is 4.79 Å². The minimum Gasteiger partial charge on any atom is -0.493 e. The summed E-state index contributed by atoms with van der Waals surface area (Å²) in [6.45, 7) is 1.75. The average molecular weight is 345 g/mol. The zero-order valence-electron chi connectivity index (χ0n) is 13.5. The molecular weight excluding hydrogens is 326 g/mol. The number of amides is 1. The molecule has 3 heterocycles.